The smallest absolute Gasteiger partial charge is 0.284 e. The summed E-state index contributed by atoms with van der Waals surface area (Å²) in [5.41, 5.74) is 1.26. The lowest BCUT2D eigenvalue weighted by Gasteiger charge is -2.12. The van der Waals surface area contributed by atoms with Gasteiger partial charge in [-0.25, -0.2) is 8.78 Å². The average molecular weight is 266 g/mol. The number of hydrogen-bond donors (Lipinski definition) is 0. The van der Waals surface area contributed by atoms with Gasteiger partial charge in [0.25, 0.3) is 6.43 Å². The molecule has 0 aliphatic heterocycles. The highest BCUT2D eigenvalue weighted by molar-refractivity contribution is 9.08. The summed E-state index contributed by atoms with van der Waals surface area (Å²) in [6.07, 6.45) is -1.18. The summed E-state index contributed by atoms with van der Waals surface area (Å²) in [6.45, 7) is 1.81. The number of ether oxygens (including phenoxy) is 1. The zero-order valence-corrected chi connectivity index (χ0v) is 9.44. The fourth-order valence-electron chi connectivity index (χ4n) is 1.19. The van der Waals surface area contributed by atoms with E-state index in [4.69, 9.17) is 4.74 Å². The van der Waals surface area contributed by atoms with Crippen LogP contribution >= 0.6 is 15.9 Å². The van der Waals surface area contributed by atoms with E-state index in [1.807, 2.05) is 0 Å². The van der Waals surface area contributed by atoms with E-state index < -0.39 is 6.43 Å². The Balaban J connectivity index is 3.33. The van der Waals surface area contributed by atoms with Crippen molar-refractivity contribution in [2.24, 2.45) is 0 Å². The Kier molecular flexibility index (Phi) is 3.80. The lowest BCUT2D eigenvalue weighted by Crippen LogP contribution is -2.01. The molecule has 1 heterocycles. The number of hydrogen-bond acceptors (Lipinski definition) is 2. The minimum absolute atomic E-state index is 0.178. The molecular formula is C9H10BrF2NO. The van der Waals surface area contributed by atoms with Crippen molar-refractivity contribution >= 4 is 15.9 Å². The van der Waals surface area contributed by atoms with Gasteiger partial charge in [-0.2, -0.15) is 0 Å². The summed E-state index contributed by atoms with van der Waals surface area (Å²) in [5.74, 6) is 0.178. The molecule has 0 unspecified atom stereocenters. The van der Waals surface area contributed by atoms with Crippen molar-refractivity contribution in [1.82, 2.24) is 4.98 Å². The van der Waals surface area contributed by atoms with Crippen LogP contribution < -0.4 is 4.74 Å². The largest absolute Gasteiger partial charge is 0.494 e. The first kappa shape index (κ1) is 11.4. The summed E-state index contributed by atoms with van der Waals surface area (Å²) in [7, 11) is 1.37. The summed E-state index contributed by atoms with van der Waals surface area (Å²) in [4.78, 5) is 3.66. The predicted molar refractivity (Wildman–Crippen MR) is 53.1 cm³/mol. The van der Waals surface area contributed by atoms with Crippen LogP contribution in [0.5, 0.6) is 5.75 Å². The standard InChI is InChI=1S/C9H10BrF2NO/c1-5-4-13-7(9(11)12)8(14-2)6(5)3-10/h4,9H,3H2,1-2H3. The second-order valence-corrected chi connectivity index (χ2v) is 3.33. The molecule has 0 spiro atoms. The Hall–Kier alpha value is -0.710. The number of pyridine rings is 1. The first-order valence-corrected chi connectivity index (χ1v) is 5.10. The molecule has 0 aromatic carbocycles. The van der Waals surface area contributed by atoms with Crippen LogP contribution in [0.25, 0.3) is 0 Å². The number of nitrogens with zero attached hydrogens (tertiary/aromatic N) is 1. The van der Waals surface area contributed by atoms with Gasteiger partial charge in [-0.05, 0) is 12.5 Å². The number of alkyl halides is 3. The van der Waals surface area contributed by atoms with Gasteiger partial charge in [0, 0.05) is 17.1 Å². The maximum atomic E-state index is 12.5. The third-order valence-corrected chi connectivity index (χ3v) is 2.49. The van der Waals surface area contributed by atoms with E-state index in [1.165, 1.54) is 13.3 Å². The number of halogens is 3. The van der Waals surface area contributed by atoms with Gasteiger partial charge in [0.05, 0.1) is 7.11 Å². The highest BCUT2D eigenvalue weighted by atomic mass is 79.9. The van der Waals surface area contributed by atoms with Crippen LogP contribution in [0.2, 0.25) is 0 Å². The van der Waals surface area contributed by atoms with Crippen molar-refractivity contribution in [3.05, 3.63) is 23.0 Å². The zero-order chi connectivity index (χ0) is 10.7. The molecule has 78 valence electrons. The molecule has 0 saturated carbocycles. The Bertz CT molecular complexity index is 331. The van der Waals surface area contributed by atoms with E-state index in [-0.39, 0.29) is 11.4 Å². The van der Waals surface area contributed by atoms with Crippen molar-refractivity contribution in [2.45, 2.75) is 18.7 Å². The lowest BCUT2D eigenvalue weighted by molar-refractivity contribution is 0.141. The Morgan fingerprint density at radius 1 is 1.57 bits per heavy atom. The number of methoxy groups -OCH3 is 1. The molecule has 0 fully saturated rings. The normalized spacial score (nSPS) is 10.7. The van der Waals surface area contributed by atoms with Gasteiger partial charge in [-0.1, -0.05) is 15.9 Å². The Labute approximate surface area is 89.4 Å². The summed E-state index contributed by atoms with van der Waals surface area (Å²) >= 11 is 3.23. The molecule has 0 aliphatic carbocycles. The van der Waals surface area contributed by atoms with Crippen molar-refractivity contribution in [2.75, 3.05) is 7.11 Å². The fraction of sp³-hybridized carbons (Fsp3) is 0.444. The minimum Gasteiger partial charge on any atom is -0.494 e. The van der Waals surface area contributed by atoms with Crippen molar-refractivity contribution in [3.63, 3.8) is 0 Å². The monoisotopic (exact) mass is 265 g/mol. The molecule has 0 saturated heterocycles. The van der Waals surface area contributed by atoms with Crippen LogP contribution in [0, 0.1) is 6.92 Å². The molecule has 2 nitrogen and oxygen atoms in total. The fourth-order valence-corrected chi connectivity index (χ4v) is 1.88. The molecule has 0 atom stereocenters. The van der Waals surface area contributed by atoms with Gasteiger partial charge < -0.3 is 4.74 Å². The van der Waals surface area contributed by atoms with Crippen LogP contribution in [0.3, 0.4) is 0 Å². The number of aryl methyl sites for hydroxylation is 1. The third-order valence-electron chi connectivity index (χ3n) is 1.92. The van der Waals surface area contributed by atoms with E-state index in [1.54, 1.807) is 6.92 Å². The van der Waals surface area contributed by atoms with Gasteiger partial charge in [-0.15, -0.1) is 0 Å². The Morgan fingerprint density at radius 2 is 2.21 bits per heavy atom. The first-order chi connectivity index (χ1) is 6.61. The van der Waals surface area contributed by atoms with Crippen LogP contribution in [-0.2, 0) is 5.33 Å². The van der Waals surface area contributed by atoms with E-state index in [0.29, 0.717) is 5.33 Å². The highest BCUT2D eigenvalue weighted by Crippen LogP contribution is 2.32. The van der Waals surface area contributed by atoms with Crippen LogP contribution in [0.1, 0.15) is 23.2 Å². The zero-order valence-electron chi connectivity index (χ0n) is 7.85. The quantitative estimate of drug-likeness (QED) is 0.783. The molecule has 0 bridgehead atoms. The van der Waals surface area contributed by atoms with Crippen LogP contribution in [0.4, 0.5) is 8.78 Å². The van der Waals surface area contributed by atoms with Crippen LogP contribution in [-0.4, -0.2) is 12.1 Å². The van der Waals surface area contributed by atoms with E-state index in [0.717, 1.165) is 11.1 Å². The van der Waals surface area contributed by atoms with Crippen molar-refractivity contribution in [1.29, 1.82) is 0 Å². The SMILES string of the molecule is COc1c(C(F)F)ncc(C)c1CBr. The molecule has 1 rings (SSSR count). The molecule has 0 N–H and O–H groups in total. The third kappa shape index (κ3) is 2.03. The van der Waals surface area contributed by atoms with Crippen molar-refractivity contribution in [3.8, 4) is 5.75 Å². The number of aromatic nitrogens is 1. The van der Waals surface area contributed by atoms with Gasteiger partial charge in [-0.3, -0.25) is 4.98 Å². The topological polar surface area (TPSA) is 22.1 Å². The first-order valence-electron chi connectivity index (χ1n) is 3.98. The van der Waals surface area contributed by atoms with Gasteiger partial charge >= 0.3 is 0 Å². The molecule has 5 heteroatoms. The Morgan fingerprint density at radius 3 is 2.64 bits per heavy atom. The second kappa shape index (κ2) is 4.68. The predicted octanol–water partition coefficient (Wildman–Crippen LogP) is 3.23. The van der Waals surface area contributed by atoms with E-state index >= 15 is 0 Å². The van der Waals surface area contributed by atoms with Gasteiger partial charge in [0.2, 0.25) is 0 Å². The van der Waals surface area contributed by atoms with Crippen molar-refractivity contribution < 1.29 is 13.5 Å². The summed E-state index contributed by atoms with van der Waals surface area (Å²) in [6, 6.07) is 0. The molecule has 0 aliphatic rings. The molecule has 1 aromatic rings. The number of rotatable bonds is 3. The summed E-state index contributed by atoms with van der Waals surface area (Å²) < 4.78 is 29.9. The summed E-state index contributed by atoms with van der Waals surface area (Å²) in [5, 5.41) is 0.476. The molecule has 0 amide bonds. The molecule has 14 heavy (non-hydrogen) atoms. The van der Waals surface area contributed by atoms with Gasteiger partial charge in [0.1, 0.15) is 5.69 Å². The average Bonchev–Trinajstić information content (AvgIpc) is 2.16. The maximum Gasteiger partial charge on any atom is 0.284 e. The van der Waals surface area contributed by atoms with E-state index in [9.17, 15) is 8.78 Å². The van der Waals surface area contributed by atoms with Gasteiger partial charge in [0.15, 0.2) is 5.75 Å². The lowest BCUT2D eigenvalue weighted by atomic mass is 10.1. The molecule has 1 aromatic heterocycles. The minimum atomic E-state index is -2.61. The molecular weight excluding hydrogens is 256 g/mol. The maximum absolute atomic E-state index is 12.5. The van der Waals surface area contributed by atoms with E-state index in [2.05, 4.69) is 20.9 Å². The van der Waals surface area contributed by atoms with Crippen LogP contribution in [0.15, 0.2) is 6.20 Å². The molecule has 0 radical (unpaired) electrons. The second-order valence-electron chi connectivity index (χ2n) is 2.77. The highest BCUT2D eigenvalue weighted by Gasteiger charge is 2.19.